The molecular formula is C14H17BrN2O4. The molecule has 0 amide bonds. The van der Waals surface area contributed by atoms with Crippen LogP contribution in [0.5, 0.6) is 0 Å². The average Bonchev–Trinajstić information content (AvgIpc) is 2.36. The van der Waals surface area contributed by atoms with Crippen LogP contribution in [0.4, 0.5) is 11.4 Å². The molecule has 1 aliphatic rings. The summed E-state index contributed by atoms with van der Waals surface area (Å²) in [4.78, 5) is 24.1. The summed E-state index contributed by atoms with van der Waals surface area (Å²) in [6.07, 6.45) is 1.59. The smallest absolute Gasteiger partial charge is 0.326 e. The van der Waals surface area contributed by atoms with E-state index in [1.165, 1.54) is 6.07 Å². The van der Waals surface area contributed by atoms with Crippen LogP contribution in [0.2, 0.25) is 0 Å². The van der Waals surface area contributed by atoms with Gasteiger partial charge in [0.1, 0.15) is 11.7 Å². The Kier molecular flexibility index (Phi) is 4.22. The first-order chi connectivity index (χ1) is 9.74. The molecule has 0 spiro atoms. The largest absolute Gasteiger partial charge is 0.480 e. The normalized spacial score (nSPS) is 21.1. The number of nitro groups is 1. The molecule has 0 radical (unpaired) electrons. The summed E-state index contributed by atoms with van der Waals surface area (Å²) in [5, 5.41) is 20.8. The maximum atomic E-state index is 11.7. The van der Waals surface area contributed by atoms with Gasteiger partial charge in [0.15, 0.2) is 0 Å². The lowest BCUT2D eigenvalue weighted by Gasteiger charge is -2.44. The van der Waals surface area contributed by atoms with Gasteiger partial charge in [-0.25, -0.2) is 4.79 Å². The summed E-state index contributed by atoms with van der Waals surface area (Å²) < 4.78 is 0.598. The molecule has 6 nitrogen and oxygen atoms in total. The predicted molar refractivity (Wildman–Crippen MR) is 82.6 cm³/mol. The molecule has 1 aliphatic heterocycles. The fourth-order valence-corrected chi connectivity index (χ4v) is 3.35. The summed E-state index contributed by atoms with van der Waals surface area (Å²) in [7, 11) is 0. The van der Waals surface area contributed by atoms with Gasteiger partial charge >= 0.3 is 5.97 Å². The van der Waals surface area contributed by atoms with E-state index in [0.717, 1.165) is 12.8 Å². The summed E-state index contributed by atoms with van der Waals surface area (Å²) in [5.74, 6) is -0.947. The molecule has 1 aromatic rings. The zero-order valence-electron chi connectivity index (χ0n) is 11.9. The van der Waals surface area contributed by atoms with Crippen LogP contribution >= 0.6 is 15.9 Å². The Labute approximate surface area is 131 Å². The zero-order valence-corrected chi connectivity index (χ0v) is 13.5. The third-order valence-electron chi connectivity index (χ3n) is 3.95. The van der Waals surface area contributed by atoms with E-state index in [9.17, 15) is 20.0 Å². The molecule has 1 unspecified atom stereocenters. The monoisotopic (exact) mass is 356 g/mol. The van der Waals surface area contributed by atoms with Crippen LogP contribution in [0.3, 0.4) is 0 Å². The Hall–Kier alpha value is -1.63. The van der Waals surface area contributed by atoms with Gasteiger partial charge in [0.05, 0.1) is 4.92 Å². The first-order valence-electron chi connectivity index (χ1n) is 6.67. The number of carboxylic acids is 1. The van der Waals surface area contributed by atoms with Crippen molar-refractivity contribution >= 4 is 33.3 Å². The third kappa shape index (κ3) is 3.02. The highest BCUT2D eigenvalue weighted by molar-refractivity contribution is 9.10. The van der Waals surface area contributed by atoms with Crippen molar-refractivity contribution in [3.8, 4) is 0 Å². The van der Waals surface area contributed by atoms with Crippen molar-refractivity contribution in [1.29, 1.82) is 0 Å². The zero-order chi connectivity index (χ0) is 15.8. The van der Waals surface area contributed by atoms with Crippen LogP contribution in [-0.2, 0) is 4.79 Å². The number of rotatable bonds is 3. The van der Waals surface area contributed by atoms with Gasteiger partial charge in [-0.2, -0.15) is 0 Å². The average molecular weight is 357 g/mol. The van der Waals surface area contributed by atoms with E-state index in [0.29, 0.717) is 16.7 Å². The fraction of sp³-hybridized carbons (Fsp3) is 0.500. The maximum Gasteiger partial charge on any atom is 0.326 e. The number of nitrogens with zero attached hydrogens (tertiary/aromatic N) is 2. The number of halogens is 1. The number of anilines is 1. The van der Waals surface area contributed by atoms with Crippen molar-refractivity contribution in [2.75, 3.05) is 11.4 Å². The van der Waals surface area contributed by atoms with Crippen molar-refractivity contribution in [1.82, 2.24) is 0 Å². The van der Waals surface area contributed by atoms with Crippen LogP contribution in [0.1, 0.15) is 26.7 Å². The van der Waals surface area contributed by atoms with E-state index < -0.39 is 22.3 Å². The standard InChI is InChI=1S/C14H17BrN2O4/c1-14(2)6-3-7-16(12(14)13(18)19)10-5-4-9(15)8-11(10)17(20)21/h4-5,8,12H,3,6-7H2,1-2H3,(H,18,19). The number of hydrogen-bond donors (Lipinski definition) is 1. The minimum Gasteiger partial charge on any atom is -0.480 e. The molecule has 1 heterocycles. The van der Waals surface area contributed by atoms with Gasteiger partial charge in [-0.15, -0.1) is 0 Å². The molecule has 0 bridgehead atoms. The lowest BCUT2D eigenvalue weighted by molar-refractivity contribution is -0.384. The molecule has 1 aromatic carbocycles. The van der Waals surface area contributed by atoms with Crippen molar-refractivity contribution in [3.63, 3.8) is 0 Å². The van der Waals surface area contributed by atoms with Crippen molar-refractivity contribution in [2.24, 2.45) is 5.41 Å². The first-order valence-corrected chi connectivity index (χ1v) is 7.47. The van der Waals surface area contributed by atoms with Gasteiger partial charge in [0.2, 0.25) is 0 Å². The quantitative estimate of drug-likeness (QED) is 0.662. The second-order valence-corrected chi connectivity index (χ2v) is 6.83. The molecule has 2 rings (SSSR count). The Bertz CT molecular complexity index is 588. The predicted octanol–water partition coefficient (Wildman–Crippen LogP) is 3.44. The highest BCUT2D eigenvalue weighted by Crippen LogP contribution is 2.41. The van der Waals surface area contributed by atoms with E-state index in [1.54, 1.807) is 17.0 Å². The molecule has 0 saturated carbocycles. The topological polar surface area (TPSA) is 83.7 Å². The van der Waals surface area contributed by atoms with E-state index >= 15 is 0 Å². The molecule has 7 heteroatoms. The Morgan fingerprint density at radius 1 is 1.52 bits per heavy atom. The molecular weight excluding hydrogens is 340 g/mol. The van der Waals surface area contributed by atoms with Gasteiger partial charge in [-0.3, -0.25) is 10.1 Å². The lowest BCUT2D eigenvalue weighted by atomic mass is 9.76. The van der Waals surface area contributed by atoms with E-state index in [4.69, 9.17) is 0 Å². The van der Waals surface area contributed by atoms with Gasteiger partial charge in [-0.1, -0.05) is 29.8 Å². The fourth-order valence-electron chi connectivity index (χ4n) is 3.01. The Morgan fingerprint density at radius 2 is 2.19 bits per heavy atom. The van der Waals surface area contributed by atoms with Crippen LogP contribution in [-0.4, -0.2) is 28.6 Å². The molecule has 114 valence electrons. The van der Waals surface area contributed by atoms with E-state index in [1.807, 2.05) is 13.8 Å². The summed E-state index contributed by atoms with van der Waals surface area (Å²) in [6, 6.07) is 3.95. The minimum absolute atomic E-state index is 0.0756. The third-order valence-corrected chi connectivity index (χ3v) is 4.44. The van der Waals surface area contributed by atoms with E-state index in [-0.39, 0.29) is 5.69 Å². The highest BCUT2D eigenvalue weighted by atomic mass is 79.9. The number of piperidine rings is 1. The summed E-state index contributed by atoms with van der Waals surface area (Å²) in [6.45, 7) is 4.29. The molecule has 0 aliphatic carbocycles. The Morgan fingerprint density at radius 3 is 2.76 bits per heavy atom. The molecule has 1 fully saturated rings. The second-order valence-electron chi connectivity index (χ2n) is 5.92. The van der Waals surface area contributed by atoms with Crippen LogP contribution in [0.25, 0.3) is 0 Å². The van der Waals surface area contributed by atoms with Gasteiger partial charge in [-0.05, 0) is 30.4 Å². The van der Waals surface area contributed by atoms with Crippen LogP contribution in [0.15, 0.2) is 22.7 Å². The van der Waals surface area contributed by atoms with Crippen LogP contribution in [0, 0.1) is 15.5 Å². The number of carbonyl (C=O) groups is 1. The molecule has 0 aromatic heterocycles. The second kappa shape index (κ2) is 5.63. The molecule has 1 saturated heterocycles. The number of benzene rings is 1. The van der Waals surface area contributed by atoms with Gasteiger partial charge in [0.25, 0.3) is 5.69 Å². The molecule has 1 atom stereocenters. The highest BCUT2D eigenvalue weighted by Gasteiger charge is 2.44. The summed E-state index contributed by atoms with van der Waals surface area (Å²) in [5.41, 5.74) is -0.151. The van der Waals surface area contributed by atoms with Crippen molar-refractivity contribution in [2.45, 2.75) is 32.7 Å². The minimum atomic E-state index is -0.947. The first kappa shape index (κ1) is 15.8. The van der Waals surface area contributed by atoms with Crippen molar-refractivity contribution in [3.05, 3.63) is 32.8 Å². The SMILES string of the molecule is CC1(C)CCCN(c2ccc(Br)cc2[N+](=O)[O-])C1C(=O)O. The molecule has 1 N–H and O–H groups in total. The van der Waals surface area contributed by atoms with Crippen LogP contribution < -0.4 is 4.90 Å². The number of carboxylic acid groups (broad SMARTS) is 1. The summed E-state index contributed by atoms with van der Waals surface area (Å²) >= 11 is 3.22. The number of nitro benzene ring substituents is 1. The molecule has 21 heavy (non-hydrogen) atoms. The van der Waals surface area contributed by atoms with E-state index in [2.05, 4.69) is 15.9 Å². The van der Waals surface area contributed by atoms with Gasteiger partial charge in [0, 0.05) is 17.1 Å². The van der Waals surface area contributed by atoms with Crippen molar-refractivity contribution < 1.29 is 14.8 Å². The Balaban J connectivity index is 2.53. The number of hydrogen-bond acceptors (Lipinski definition) is 4. The number of aliphatic carboxylic acids is 1. The maximum absolute atomic E-state index is 11.7. The van der Waals surface area contributed by atoms with Gasteiger partial charge < -0.3 is 10.0 Å². The lowest BCUT2D eigenvalue weighted by Crippen LogP contribution is -2.54.